The highest BCUT2D eigenvalue weighted by Crippen LogP contribution is 2.23. The molecule has 2 nitrogen and oxygen atoms in total. The molecule has 1 aromatic carbocycles. The van der Waals surface area contributed by atoms with Gasteiger partial charge in [0.2, 0.25) is 0 Å². The van der Waals surface area contributed by atoms with E-state index >= 15 is 0 Å². The lowest BCUT2D eigenvalue weighted by atomic mass is 10.1. The second-order valence-corrected chi connectivity index (χ2v) is 3.68. The summed E-state index contributed by atoms with van der Waals surface area (Å²) in [5, 5.41) is 4.42. The predicted octanol–water partition coefficient (Wildman–Crippen LogP) is 3.02. The van der Waals surface area contributed by atoms with Gasteiger partial charge in [0.05, 0.1) is 6.26 Å². The average Bonchev–Trinajstić information content (AvgIpc) is 2.59. The van der Waals surface area contributed by atoms with Crippen LogP contribution in [0.5, 0.6) is 0 Å². The molecule has 1 unspecified atom stereocenters. The summed E-state index contributed by atoms with van der Waals surface area (Å²) in [6.45, 7) is 4.20. The highest BCUT2D eigenvalue weighted by molar-refractivity contribution is 5.81. The van der Waals surface area contributed by atoms with Crippen molar-refractivity contribution in [2.24, 2.45) is 0 Å². The van der Waals surface area contributed by atoms with Crippen LogP contribution >= 0.6 is 0 Å². The highest BCUT2D eigenvalue weighted by atomic mass is 16.3. The minimum Gasteiger partial charge on any atom is -0.464 e. The number of rotatable bonds is 2. The molecule has 0 radical (unpaired) electrons. The van der Waals surface area contributed by atoms with Crippen molar-refractivity contribution in [3.8, 4) is 0 Å². The van der Waals surface area contributed by atoms with E-state index in [9.17, 15) is 0 Å². The van der Waals surface area contributed by atoms with E-state index in [1.165, 1.54) is 16.5 Å². The standard InChI is InChI=1S/C12H15NO/c1-8-7-14-12-6-10(9(2)13-3)4-5-11(8)12/h4-7,9,13H,1-3H3. The van der Waals surface area contributed by atoms with Gasteiger partial charge in [0.25, 0.3) is 0 Å². The summed E-state index contributed by atoms with van der Waals surface area (Å²) in [6.07, 6.45) is 1.80. The Morgan fingerprint density at radius 2 is 2.14 bits per heavy atom. The molecule has 14 heavy (non-hydrogen) atoms. The quantitative estimate of drug-likeness (QED) is 0.785. The number of hydrogen-bond acceptors (Lipinski definition) is 2. The molecule has 1 aromatic heterocycles. The zero-order chi connectivity index (χ0) is 10.1. The molecule has 0 saturated carbocycles. The van der Waals surface area contributed by atoms with Crippen LogP contribution in [0.25, 0.3) is 11.0 Å². The summed E-state index contributed by atoms with van der Waals surface area (Å²) in [5.74, 6) is 0. The van der Waals surface area contributed by atoms with Gasteiger partial charge in [0, 0.05) is 11.4 Å². The summed E-state index contributed by atoms with van der Waals surface area (Å²) < 4.78 is 5.46. The Balaban J connectivity index is 2.52. The largest absolute Gasteiger partial charge is 0.464 e. The first kappa shape index (κ1) is 9.28. The van der Waals surface area contributed by atoms with Gasteiger partial charge in [-0.25, -0.2) is 0 Å². The van der Waals surface area contributed by atoms with E-state index in [0.29, 0.717) is 6.04 Å². The molecule has 2 heteroatoms. The highest BCUT2D eigenvalue weighted by Gasteiger charge is 2.06. The van der Waals surface area contributed by atoms with E-state index in [1.54, 1.807) is 6.26 Å². The van der Waals surface area contributed by atoms with E-state index in [-0.39, 0.29) is 0 Å². The van der Waals surface area contributed by atoms with Crippen LogP contribution in [0, 0.1) is 6.92 Å². The smallest absolute Gasteiger partial charge is 0.134 e. The van der Waals surface area contributed by atoms with Crippen LogP contribution in [-0.2, 0) is 0 Å². The summed E-state index contributed by atoms with van der Waals surface area (Å²) in [5.41, 5.74) is 3.43. The van der Waals surface area contributed by atoms with Gasteiger partial charge in [-0.15, -0.1) is 0 Å². The first-order valence-electron chi connectivity index (χ1n) is 4.87. The van der Waals surface area contributed by atoms with E-state index < -0.39 is 0 Å². The lowest BCUT2D eigenvalue weighted by Gasteiger charge is -2.09. The molecule has 1 N–H and O–H groups in total. The Morgan fingerprint density at radius 3 is 2.86 bits per heavy atom. The van der Waals surface area contributed by atoms with Gasteiger partial charge in [-0.2, -0.15) is 0 Å². The summed E-state index contributed by atoms with van der Waals surface area (Å²) in [4.78, 5) is 0. The Kier molecular flexibility index (Phi) is 2.30. The van der Waals surface area contributed by atoms with Crippen LogP contribution in [0.1, 0.15) is 24.1 Å². The van der Waals surface area contributed by atoms with Gasteiger partial charge in [-0.05, 0) is 38.1 Å². The lowest BCUT2D eigenvalue weighted by Crippen LogP contribution is -2.11. The average molecular weight is 189 g/mol. The van der Waals surface area contributed by atoms with E-state index in [1.807, 2.05) is 7.05 Å². The van der Waals surface area contributed by atoms with E-state index in [0.717, 1.165) is 5.58 Å². The van der Waals surface area contributed by atoms with Crippen molar-refractivity contribution in [3.63, 3.8) is 0 Å². The molecule has 0 aliphatic rings. The fourth-order valence-electron chi connectivity index (χ4n) is 1.61. The molecular formula is C12H15NO. The Morgan fingerprint density at radius 1 is 1.36 bits per heavy atom. The maximum atomic E-state index is 5.46. The predicted molar refractivity (Wildman–Crippen MR) is 58.4 cm³/mol. The molecule has 0 saturated heterocycles. The first-order chi connectivity index (χ1) is 6.72. The Hall–Kier alpha value is -1.28. The van der Waals surface area contributed by atoms with Crippen LogP contribution < -0.4 is 5.32 Å². The maximum absolute atomic E-state index is 5.46. The molecule has 0 aliphatic heterocycles. The number of aryl methyl sites for hydroxylation is 1. The van der Waals surface area contributed by atoms with E-state index in [2.05, 4.69) is 37.4 Å². The molecule has 0 fully saturated rings. The number of fused-ring (bicyclic) bond motifs is 1. The third-order valence-corrected chi connectivity index (χ3v) is 2.73. The second-order valence-electron chi connectivity index (χ2n) is 3.68. The van der Waals surface area contributed by atoms with Gasteiger partial charge in [0.15, 0.2) is 0 Å². The van der Waals surface area contributed by atoms with Gasteiger partial charge < -0.3 is 9.73 Å². The van der Waals surface area contributed by atoms with E-state index in [4.69, 9.17) is 4.42 Å². The van der Waals surface area contributed by atoms with Crippen molar-refractivity contribution < 1.29 is 4.42 Å². The third-order valence-electron chi connectivity index (χ3n) is 2.73. The van der Waals surface area contributed by atoms with Crippen LogP contribution in [0.15, 0.2) is 28.9 Å². The van der Waals surface area contributed by atoms with Crippen molar-refractivity contribution in [1.82, 2.24) is 5.32 Å². The molecule has 0 aliphatic carbocycles. The van der Waals surface area contributed by atoms with Crippen molar-refractivity contribution in [3.05, 3.63) is 35.6 Å². The van der Waals surface area contributed by atoms with Crippen molar-refractivity contribution in [2.45, 2.75) is 19.9 Å². The number of benzene rings is 1. The molecule has 0 spiro atoms. The number of hydrogen-bond donors (Lipinski definition) is 1. The monoisotopic (exact) mass is 189 g/mol. The number of nitrogens with one attached hydrogen (secondary N) is 1. The summed E-state index contributed by atoms with van der Waals surface area (Å²) in [6, 6.07) is 6.73. The number of furan rings is 1. The van der Waals surface area contributed by atoms with Gasteiger partial charge in [-0.1, -0.05) is 12.1 Å². The molecule has 1 atom stereocenters. The van der Waals surface area contributed by atoms with Crippen molar-refractivity contribution in [1.29, 1.82) is 0 Å². The van der Waals surface area contributed by atoms with Crippen LogP contribution in [0.3, 0.4) is 0 Å². The maximum Gasteiger partial charge on any atom is 0.134 e. The van der Waals surface area contributed by atoms with Gasteiger partial charge >= 0.3 is 0 Å². The second kappa shape index (κ2) is 3.46. The first-order valence-corrected chi connectivity index (χ1v) is 4.87. The molecular weight excluding hydrogens is 174 g/mol. The third kappa shape index (κ3) is 1.42. The fraction of sp³-hybridized carbons (Fsp3) is 0.333. The molecule has 2 rings (SSSR count). The molecule has 0 bridgehead atoms. The molecule has 74 valence electrons. The van der Waals surface area contributed by atoms with Crippen molar-refractivity contribution in [2.75, 3.05) is 7.05 Å². The minimum absolute atomic E-state index is 0.366. The lowest BCUT2D eigenvalue weighted by molar-refractivity contribution is 0.608. The molecule has 1 heterocycles. The Labute approximate surface area is 83.9 Å². The van der Waals surface area contributed by atoms with Crippen LogP contribution in [0.2, 0.25) is 0 Å². The zero-order valence-electron chi connectivity index (χ0n) is 8.79. The fourth-order valence-corrected chi connectivity index (χ4v) is 1.61. The van der Waals surface area contributed by atoms with Crippen LogP contribution in [0.4, 0.5) is 0 Å². The van der Waals surface area contributed by atoms with Crippen molar-refractivity contribution >= 4 is 11.0 Å². The summed E-state index contributed by atoms with van der Waals surface area (Å²) in [7, 11) is 1.96. The van der Waals surface area contributed by atoms with Gasteiger partial charge in [-0.3, -0.25) is 0 Å². The van der Waals surface area contributed by atoms with Crippen LogP contribution in [-0.4, -0.2) is 7.05 Å². The summed E-state index contributed by atoms with van der Waals surface area (Å²) >= 11 is 0. The normalized spacial score (nSPS) is 13.4. The Bertz CT molecular complexity index is 445. The SMILES string of the molecule is CNC(C)c1ccc2c(C)coc2c1. The molecule has 2 aromatic rings. The van der Waals surface area contributed by atoms with Gasteiger partial charge in [0.1, 0.15) is 5.58 Å². The minimum atomic E-state index is 0.366. The topological polar surface area (TPSA) is 25.2 Å². The zero-order valence-corrected chi connectivity index (χ0v) is 8.79. The molecule has 0 amide bonds.